The Morgan fingerprint density at radius 2 is 1.88 bits per heavy atom. The number of nitrogens with one attached hydrogen (secondary N) is 2. The molecule has 0 aliphatic rings. The molecule has 4 rings (SSSR count). The molecule has 2 N–H and O–H groups in total. The van der Waals surface area contributed by atoms with Crippen molar-refractivity contribution in [1.82, 2.24) is 19.2 Å². The molecule has 0 saturated carbocycles. The number of carbonyl (C=O) groups is 1. The number of ether oxygens (including phenoxy) is 1. The number of carbonyl (C=O) groups excluding carboxylic acids is 1. The molecule has 4 aromatic rings. The number of halogens is 1. The summed E-state index contributed by atoms with van der Waals surface area (Å²) in [6, 6.07) is 13.4. The molecule has 2 aromatic heterocycles. The Labute approximate surface area is 195 Å². The maximum absolute atomic E-state index is 12.6. The summed E-state index contributed by atoms with van der Waals surface area (Å²) < 4.78 is 8.99. The van der Waals surface area contributed by atoms with Crippen molar-refractivity contribution in [3.63, 3.8) is 0 Å². The second-order valence-electron chi connectivity index (χ2n) is 7.74. The molecule has 0 saturated heterocycles. The van der Waals surface area contributed by atoms with Gasteiger partial charge in [-0.3, -0.25) is 9.48 Å². The number of para-hydroxylation sites is 1. The highest BCUT2D eigenvalue weighted by Gasteiger charge is 2.13. The van der Waals surface area contributed by atoms with Gasteiger partial charge in [0.05, 0.1) is 11.4 Å². The highest BCUT2D eigenvalue weighted by molar-refractivity contribution is 6.31. The molecule has 9 nitrogen and oxygen atoms in total. The summed E-state index contributed by atoms with van der Waals surface area (Å²) in [5.74, 6) is 0.677. The molecule has 33 heavy (non-hydrogen) atoms. The zero-order chi connectivity index (χ0) is 23.5. The number of urea groups is 1. The van der Waals surface area contributed by atoms with Crippen LogP contribution >= 0.6 is 11.6 Å². The van der Waals surface area contributed by atoms with Gasteiger partial charge in [-0.05, 0) is 50.6 Å². The number of rotatable bonds is 6. The minimum atomic E-state index is -0.437. The minimum Gasteiger partial charge on any atom is -0.485 e. The van der Waals surface area contributed by atoms with E-state index in [-0.39, 0.29) is 18.2 Å². The van der Waals surface area contributed by atoms with E-state index in [9.17, 15) is 9.59 Å². The normalized spacial score (nSPS) is 11.1. The topological polar surface area (TPSA) is 103 Å². The number of aryl methyl sites for hydroxylation is 1. The fourth-order valence-electron chi connectivity index (χ4n) is 3.28. The van der Waals surface area contributed by atoms with Gasteiger partial charge in [-0.15, -0.1) is 0 Å². The summed E-state index contributed by atoms with van der Waals surface area (Å²) in [4.78, 5) is 33.7. The number of hydrogen-bond donors (Lipinski definition) is 2. The maximum atomic E-state index is 12.6. The Morgan fingerprint density at radius 1 is 1.12 bits per heavy atom. The van der Waals surface area contributed by atoms with Crippen LogP contribution in [0.2, 0.25) is 5.02 Å². The van der Waals surface area contributed by atoms with Crippen LogP contribution in [0.1, 0.15) is 31.1 Å². The molecule has 10 heteroatoms. The number of aromatic nitrogens is 4. The van der Waals surface area contributed by atoms with Crippen LogP contribution in [-0.4, -0.2) is 25.2 Å². The van der Waals surface area contributed by atoms with Gasteiger partial charge >= 0.3 is 6.03 Å². The van der Waals surface area contributed by atoms with Crippen molar-refractivity contribution >= 4 is 34.8 Å². The Bertz CT molecular complexity index is 1380. The first-order valence-electron chi connectivity index (χ1n) is 10.3. The van der Waals surface area contributed by atoms with E-state index in [1.54, 1.807) is 29.2 Å². The van der Waals surface area contributed by atoms with E-state index in [0.29, 0.717) is 33.6 Å². The van der Waals surface area contributed by atoms with E-state index in [0.717, 1.165) is 5.56 Å². The molecule has 2 heterocycles. The lowest BCUT2D eigenvalue weighted by molar-refractivity contribution is 0.261. The number of amides is 2. The van der Waals surface area contributed by atoms with Crippen molar-refractivity contribution in [3.05, 3.63) is 81.5 Å². The van der Waals surface area contributed by atoms with Crippen molar-refractivity contribution < 1.29 is 9.53 Å². The first-order chi connectivity index (χ1) is 15.8. The maximum Gasteiger partial charge on any atom is 0.323 e. The third kappa shape index (κ3) is 4.98. The van der Waals surface area contributed by atoms with Crippen molar-refractivity contribution in [2.45, 2.75) is 33.4 Å². The van der Waals surface area contributed by atoms with Gasteiger partial charge in [0, 0.05) is 22.8 Å². The van der Waals surface area contributed by atoms with E-state index >= 15 is 0 Å². The summed E-state index contributed by atoms with van der Waals surface area (Å²) in [5, 5.41) is 6.00. The molecule has 0 bridgehead atoms. The third-order valence-electron chi connectivity index (χ3n) is 4.94. The van der Waals surface area contributed by atoms with Crippen LogP contribution in [0.25, 0.3) is 5.78 Å². The van der Waals surface area contributed by atoms with Crippen LogP contribution < -0.4 is 20.9 Å². The Hall–Kier alpha value is -3.85. The Morgan fingerprint density at radius 3 is 2.64 bits per heavy atom. The largest absolute Gasteiger partial charge is 0.485 e. The molecule has 0 spiro atoms. The molecule has 0 aliphatic carbocycles. The fraction of sp³-hybridized carbons (Fsp3) is 0.217. The van der Waals surface area contributed by atoms with Gasteiger partial charge in [-0.1, -0.05) is 29.8 Å². The Kier molecular flexibility index (Phi) is 6.32. The summed E-state index contributed by atoms with van der Waals surface area (Å²) in [7, 11) is 0. The van der Waals surface area contributed by atoms with E-state index in [1.807, 2.05) is 45.0 Å². The highest BCUT2D eigenvalue weighted by Crippen LogP contribution is 2.29. The summed E-state index contributed by atoms with van der Waals surface area (Å²) in [5.41, 5.74) is 2.17. The number of hydrogen-bond acceptors (Lipinski definition) is 5. The molecule has 0 aliphatic heterocycles. The van der Waals surface area contributed by atoms with Crippen molar-refractivity contribution in [1.29, 1.82) is 0 Å². The highest BCUT2D eigenvalue weighted by atomic mass is 35.5. The molecule has 0 atom stereocenters. The summed E-state index contributed by atoms with van der Waals surface area (Å²) in [6.07, 6.45) is 1.58. The van der Waals surface area contributed by atoms with E-state index in [1.165, 1.54) is 10.6 Å². The van der Waals surface area contributed by atoms with Crippen molar-refractivity contribution in [3.8, 4) is 5.75 Å². The van der Waals surface area contributed by atoms with Crippen LogP contribution in [-0.2, 0) is 6.61 Å². The van der Waals surface area contributed by atoms with Gasteiger partial charge in [-0.25, -0.2) is 9.78 Å². The molecule has 2 amide bonds. The van der Waals surface area contributed by atoms with Gasteiger partial charge in [-0.2, -0.15) is 9.50 Å². The number of fused-ring (bicyclic) bond motifs is 1. The average Bonchev–Trinajstić information content (AvgIpc) is 3.20. The van der Waals surface area contributed by atoms with Gasteiger partial charge in [0.2, 0.25) is 0 Å². The zero-order valence-corrected chi connectivity index (χ0v) is 19.1. The lowest BCUT2D eigenvalue weighted by Gasteiger charge is -2.14. The first kappa shape index (κ1) is 22.3. The second kappa shape index (κ2) is 9.33. The van der Waals surface area contributed by atoms with Gasteiger partial charge in [0.1, 0.15) is 18.7 Å². The van der Waals surface area contributed by atoms with Gasteiger partial charge in [0.15, 0.2) is 0 Å². The monoisotopic (exact) mass is 466 g/mol. The first-order valence-corrected chi connectivity index (χ1v) is 10.7. The summed E-state index contributed by atoms with van der Waals surface area (Å²) in [6.45, 7) is 5.82. The fourth-order valence-corrected chi connectivity index (χ4v) is 3.45. The summed E-state index contributed by atoms with van der Waals surface area (Å²) >= 11 is 6.12. The van der Waals surface area contributed by atoms with Crippen LogP contribution in [0.3, 0.4) is 0 Å². The lowest BCUT2D eigenvalue weighted by Crippen LogP contribution is -2.23. The predicted octanol–water partition coefficient (Wildman–Crippen LogP) is 4.66. The van der Waals surface area contributed by atoms with Crippen molar-refractivity contribution in [2.75, 3.05) is 10.6 Å². The lowest BCUT2D eigenvalue weighted by atomic mass is 10.2. The number of nitrogens with zero attached hydrogens (tertiary/aromatic N) is 4. The van der Waals surface area contributed by atoms with Crippen LogP contribution in [0.5, 0.6) is 5.75 Å². The molecular formula is C23H23ClN6O3. The predicted molar refractivity (Wildman–Crippen MR) is 127 cm³/mol. The average molecular weight is 467 g/mol. The second-order valence-corrected chi connectivity index (χ2v) is 8.18. The number of anilines is 2. The van der Waals surface area contributed by atoms with Crippen LogP contribution in [0.4, 0.5) is 16.2 Å². The van der Waals surface area contributed by atoms with Crippen LogP contribution in [0.15, 0.2) is 59.7 Å². The molecule has 2 aromatic carbocycles. The van der Waals surface area contributed by atoms with Gasteiger partial charge in [0.25, 0.3) is 11.3 Å². The van der Waals surface area contributed by atoms with E-state index in [2.05, 4.69) is 20.6 Å². The van der Waals surface area contributed by atoms with Gasteiger partial charge < -0.3 is 15.4 Å². The molecule has 0 radical (unpaired) electrons. The molecule has 0 fully saturated rings. The zero-order valence-electron chi connectivity index (χ0n) is 18.4. The smallest absolute Gasteiger partial charge is 0.323 e. The van der Waals surface area contributed by atoms with E-state index in [4.69, 9.17) is 16.3 Å². The SMILES string of the molecule is Cc1ccccc1NC(=O)Nc1cc(Cl)ccc1OCc1cc(=O)n2c(ncn2C(C)C)n1. The minimum absolute atomic E-state index is 0.00992. The van der Waals surface area contributed by atoms with Crippen LogP contribution in [0, 0.1) is 6.92 Å². The third-order valence-corrected chi connectivity index (χ3v) is 5.18. The Balaban J connectivity index is 1.52. The molecule has 0 unspecified atom stereocenters. The quantitative estimate of drug-likeness (QED) is 0.430. The standard InChI is InChI=1S/C23H23ClN6O3/c1-14(2)29-13-25-22-26-17(11-21(31)30(22)29)12-33-20-9-8-16(24)10-19(20)28-23(32)27-18-7-5-4-6-15(18)3/h4-11,13-14H,12H2,1-3H3,(H2,27,28,32). The van der Waals surface area contributed by atoms with Crippen molar-refractivity contribution in [2.24, 2.45) is 0 Å². The molecule has 170 valence electrons. The van der Waals surface area contributed by atoms with E-state index < -0.39 is 6.03 Å². The number of benzene rings is 2. The molecular weight excluding hydrogens is 444 g/mol.